The molecule has 0 aromatic carbocycles. The molecule has 0 amide bonds. The van der Waals surface area contributed by atoms with Gasteiger partial charge in [0.25, 0.3) is 0 Å². The number of hydrogen-bond acceptors (Lipinski definition) is 3. The van der Waals surface area contributed by atoms with Crippen LogP contribution in [0.4, 0.5) is 0 Å². The van der Waals surface area contributed by atoms with Gasteiger partial charge in [-0.05, 0) is 18.6 Å². The molecule has 0 aliphatic heterocycles. The van der Waals surface area contributed by atoms with Crippen molar-refractivity contribution in [2.45, 2.75) is 13.3 Å². The maximum absolute atomic E-state index is 11.2. The second-order valence-corrected chi connectivity index (χ2v) is 2.45. The lowest BCUT2D eigenvalue weighted by molar-refractivity contribution is 0.0734. The zero-order valence-corrected chi connectivity index (χ0v) is 7.08. The molecule has 1 aromatic rings. The van der Waals surface area contributed by atoms with Crippen molar-refractivity contribution in [3.8, 4) is 0 Å². The van der Waals surface area contributed by atoms with Gasteiger partial charge in [-0.15, -0.1) is 0 Å². The van der Waals surface area contributed by atoms with Gasteiger partial charge in [-0.2, -0.15) is 0 Å². The van der Waals surface area contributed by atoms with Crippen LogP contribution in [0.5, 0.6) is 0 Å². The lowest BCUT2D eigenvalue weighted by atomic mass is 10.3. The third kappa shape index (κ3) is 2.51. The normalized spacial score (nSPS) is 10.1. The van der Waals surface area contributed by atoms with Crippen LogP contribution in [0.2, 0.25) is 0 Å². The first kappa shape index (κ1) is 9.00. The summed E-state index contributed by atoms with van der Waals surface area (Å²) in [6.07, 6.45) is 2.40. The Morgan fingerprint density at radius 2 is 2.50 bits per heavy atom. The monoisotopic (exact) mass is 168 g/mol. The molecule has 1 rings (SSSR count). The average molecular weight is 168 g/mol. The van der Waals surface area contributed by atoms with E-state index in [9.17, 15) is 4.79 Å². The number of carbonyl (C=O) groups excluding carboxylic acids is 1. The van der Waals surface area contributed by atoms with Gasteiger partial charge in [-0.3, -0.25) is 4.79 Å². The molecule has 0 aliphatic carbocycles. The second-order valence-electron chi connectivity index (χ2n) is 2.45. The Morgan fingerprint density at radius 3 is 3.08 bits per heavy atom. The average Bonchev–Trinajstić information content (AvgIpc) is 2.56. The van der Waals surface area contributed by atoms with Gasteiger partial charge >= 0.3 is 0 Å². The lowest BCUT2D eigenvalue weighted by Crippen LogP contribution is -2.08. The molecular weight excluding hydrogens is 156 g/mol. The topological polar surface area (TPSA) is 39.4 Å². The van der Waals surface area contributed by atoms with Gasteiger partial charge in [-0.1, -0.05) is 6.92 Å². The van der Waals surface area contributed by atoms with E-state index in [1.54, 1.807) is 12.1 Å². The highest BCUT2D eigenvalue weighted by molar-refractivity contribution is 5.94. The molecule has 0 saturated heterocycles. The Kier molecular flexibility index (Phi) is 3.54. The standard InChI is InChI=1S/C9H12O3/c1-2-5-11-7-8(10)9-4-3-6-12-9/h3-4,6H,2,5,7H2,1H3. The molecule has 0 radical (unpaired) electrons. The molecule has 0 N–H and O–H groups in total. The first-order valence-electron chi connectivity index (χ1n) is 3.99. The summed E-state index contributed by atoms with van der Waals surface area (Å²) < 4.78 is 9.96. The summed E-state index contributed by atoms with van der Waals surface area (Å²) in [7, 11) is 0. The van der Waals surface area contributed by atoms with E-state index in [0.717, 1.165) is 6.42 Å². The van der Waals surface area contributed by atoms with Gasteiger partial charge in [0.2, 0.25) is 5.78 Å². The molecule has 3 nitrogen and oxygen atoms in total. The smallest absolute Gasteiger partial charge is 0.223 e. The number of hydrogen-bond donors (Lipinski definition) is 0. The van der Waals surface area contributed by atoms with Crippen molar-refractivity contribution in [1.82, 2.24) is 0 Å². The Hall–Kier alpha value is -1.09. The quantitative estimate of drug-likeness (QED) is 0.498. The van der Waals surface area contributed by atoms with Crippen LogP contribution in [0, 0.1) is 0 Å². The second kappa shape index (κ2) is 4.72. The zero-order chi connectivity index (χ0) is 8.81. The summed E-state index contributed by atoms with van der Waals surface area (Å²) in [6.45, 7) is 2.73. The van der Waals surface area contributed by atoms with Crippen molar-refractivity contribution in [3.63, 3.8) is 0 Å². The third-order valence-electron chi connectivity index (χ3n) is 1.38. The first-order valence-corrected chi connectivity index (χ1v) is 3.99. The summed E-state index contributed by atoms with van der Waals surface area (Å²) in [5, 5.41) is 0. The maximum atomic E-state index is 11.2. The zero-order valence-electron chi connectivity index (χ0n) is 7.08. The highest BCUT2D eigenvalue weighted by Crippen LogP contribution is 2.01. The van der Waals surface area contributed by atoms with Crippen LogP contribution in [-0.4, -0.2) is 19.0 Å². The van der Waals surface area contributed by atoms with Crippen molar-refractivity contribution >= 4 is 5.78 Å². The highest BCUT2D eigenvalue weighted by Gasteiger charge is 2.07. The molecule has 66 valence electrons. The molecule has 1 aromatic heterocycles. The van der Waals surface area contributed by atoms with Crippen molar-refractivity contribution in [2.75, 3.05) is 13.2 Å². The highest BCUT2D eigenvalue weighted by atomic mass is 16.5. The number of ketones is 1. The van der Waals surface area contributed by atoms with Gasteiger partial charge in [0, 0.05) is 6.61 Å². The Bertz CT molecular complexity index is 226. The predicted molar refractivity (Wildman–Crippen MR) is 44.1 cm³/mol. The van der Waals surface area contributed by atoms with Crippen molar-refractivity contribution in [2.24, 2.45) is 0 Å². The fourth-order valence-electron chi connectivity index (χ4n) is 0.818. The third-order valence-corrected chi connectivity index (χ3v) is 1.38. The van der Waals surface area contributed by atoms with E-state index in [2.05, 4.69) is 0 Å². The number of Topliss-reactive ketones (excluding diaryl/α,β-unsaturated/α-hetero) is 1. The van der Waals surface area contributed by atoms with E-state index in [-0.39, 0.29) is 12.4 Å². The molecule has 0 bridgehead atoms. The minimum absolute atomic E-state index is 0.103. The Morgan fingerprint density at radius 1 is 1.67 bits per heavy atom. The van der Waals surface area contributed by atoms with Crippen LogP contribution < -0.4 is 0 Å². The van der Waals surface area contributed by atoms with Crippen molar-refractivity contribution < 1.29 is 13.9 Å². The molecule has 0 saturated carbocycles. The van der Waals surface area contributed by atoms with E-state index < -0.39 is 0 Å². The van der Waals surface area contributed by atoms with Crippen LogP contribution in [0.15, 0.2) is 22.8 Å². The molecular formula is C9H12O3. The molecule has 1 heterocycles. The molecule has 12 heavy (non-hydrogen) atoms. The summed E-state index contributed by atoms with van der Waals surface area (Å²) in [5.41, 5.74) is 0. The number of rotatable bonds is 5. The summed E-state index contributed by atoms with van der Waals surface area (Å²) in [5.74, 6) is 0.263. The minimum atomic E-state index is -0.103. The predicted octanol–water partition coefficient (Wildman–Crippen LogP) is 1.89. The van der Waals surface area contributed by atoms with Gasteiger partial charge < -0.3 is 9.15 Å². The van der Waals surface area contributed by atoms with E-state index in [4.69, 9.17) is 9.15 Å². The van der Waals surface area contributed by atoms with E-state index in [1.807, 2.05) is 6.92 Å². The molecule has 0 spiro atoms. The van der Waals surface area contributed by atoms with Gasteiger partial charge in [0.05, 0.1) is 6.26 Å². The summed E-state index contributed by atoms with van der Waals surface area (Å²) >= 11 is 0. The van der Waals surface area contributed by atoms with Crippen LogP contribution in [-0.2, 0) is 4.74 Å². The SMILES string of the molecule is CCCOCC(=O)c1ccco1. The van der Waals surface area contributed by atoms with Crippen LogP contribution >= 0.6 is 0 Å². The maximum Gasteiger partial charge on any atom is 0.223 e. The summed E-state index contributed by atoms with van der Waals surface area (Å²) in [6, 6.07) is 3.32. The minimum Gasteiger partial charge on any atom is -0.461 e. The van der Waals surface area contributed by atoms with Crippen LogP contribution in [0.25, 0.3) is 0 Å². The number of furan rings is 1. The first-order chi connectivity index (χ1) is 5.84. The van der Waals surface area contributed by atoms with E-state index >= 15 is 0 Å². The largest absolute Gasteiger partial charge is 0.461 e. The van der Waals surface area contributed by atoms with Crippen LogP contribution in [0.1, 0.15) is 23.9 Å². The molecule has 0 unspecified atom stereocenters. The Labute approximate surface area is 71.3 Å². The molecule has 0 fully saturated rings. The molecule has 0 aliphatic rings. The summed E-state index contributed by atoms with van der Waals surface area (Å²) in [4.78, 5) is 11.2. The number of ether oxygens (including phenoxy) is 1. The van der Waals surface area contributed by atoms with Gasteiger partial charge in [-0.25, -0.2) is 0 Å². The van der Waals surface area contributed by atoms with Crippen molar-refractivity contribution in [1.29, 1.82) is 0 Å². The lowest BCUT2D eigenvalue weighted by Gasteiger charge is -1.98. The van der Waals surface area contributed by atoms with Crippen molar-refractivity contribution in [3.05, 3.63) is 24.2 Å². The Balaban J connectivity index is 2.30. The van der Waals surface area contributed by atoms with E-state index in [1.165, 1.54) is 6.26 Å². The number of carbonyl (C=O) groups is 1. The van der Waals surface area contributed by atoms with Gasteiger partial charge in [0.1, 0.15) is 6.61 Å². The molecule has 3 heteroatoms. The van der Waals surface area contributed by atoms with Gasteiger partial charge in [0.15, 0.2) is 5.76 Å². The van der Waals surface area contributed by atoms with Crippen LogP contribution in [0.3, 0.4) is 0 Å². The fraction of sp³-hybridized carbons (Fsp3) is 0.444. The van der Waals surface area contributed by atoms with E-state index in [0.29, 0.717) is 12.4 Å². The fourth-order valence-corrected chi connectivity index (χ4v) is 0.818. The molecule has 0 atom stereocenters.